The fourth-order valence-electron chi connectivity index (χ4n) is 2.45. The Bertz CT molecular complexity index is 1100. The standard InChI is InChI=1S/C18H14F4N4O4/c1-23-18(28)15-11(6-26(2)25-15)24-17(27)12-4-3-8(30-12)7-29-16-13(21)9(19)5-10(20)14(16)22/h3-6H,7H2,1-2H3,(H,23,28)(H,24,27). The number of hydrogen-bond acceptors (Lipinski definition) is 5. The number of rotatable bonds is 6. The van der Waals surface area contributed by atoms with Crippen LogP contribution in [0.1, 0.15) is 26.8 Å². The molecule has 0 fully saturated rings. The molecule has 0 unspecified atom stereocenters. The molecule has 30 heavy (non-hydrogen) atoms. The van der Waals surface area contributed by atoms with Gasteiger partial charge in [0, 0.05) is 26.4 Å². The lowest BCUT2D eigenvalue weighted by molar-refractivity contribution is 0.0958. The van der Waals surface area contributed by atoms with Gasteiger partial charge in [-0.2, -0.15) is 13.9 Å². The maximum Gasteiger partial charge on any atom is 0.291 e. The number of anilines is 1. The van der Waals surface area contributed by atoms with Gasteiger partial charge in [-0.15, -0.1) is 0 Å². The highest BCUT2D eigenvalue weighted by molar-refractivity contribution is 6.06. The average molecular weight is 426 g/mol. The Hall–Kier alpha value is -3.83. The minimum Gasteiger partial charge on any atom is -0.479 e. The Kier molecular flexibility index (Phi) is 5.76. The SMILES string of the molecule is CNC(=O)c1nn(C)cc1NC(=O)c1ccc(COc2c(F)c(F)cc(F)c2F)o1. The zero-order valence-corrected chi connectivity index (χ0v) is 15.6. The molecule has 3 aromatic rings. The van der Waals surface area contributed by atoms with E-state index in [4.69, 9.17) is 9.15 Å². The maximum absolute atomic E-state index is 13.6. The number of hydrogen-bond donors (Lipinski definition) is 2. The van der Waals surface area contributed by atoms with E-state index in [1.165, 1.54) is 30.1 Å². The number of furan rings is 1. The van der Waals surface area contributed by atoms with Crippen LogP contribution in [0, 0.1) is 23.3 Å². The van der Waals surface area contributed by atoms with Gasteiger partial charge >= 0.3 is 0 Å². The first-order chi connectivity index (χ1) is 14.2. The van der Waals surface area contributed by atoms with Crippen molar-refractivity contribution in [1.82, 2.24) is 15.1 Å². The second kappa shape index (κ2) is 8.27. The summed E-state index contributed by atoms with van der Waals surface area (Å²) in [5.41, 5.74) is 0.0953. The zero-order valence-electron chi connectivity index (χ0n) is 15.6. The van der Waals surface area contributed by atoms with Gasteiger partial charge in [-0.25, -0.2) is 8.78 Å². The largest absolute Gasteiger partial charge is 0.479 e. The summed E-state index contributed by atoms with van der Waals surface area (Å²) >= 11 is 0. The van der Waals surface area contributed by atoms with Gasteiger partial charge in [-0.05, 0) is 12.1 Å². The predicted octanol–water partition coefficient (Wildman–Crippen LogP) is 2.76. The number of carbonyl (C=O) groups is 2. The summed E-state index contributed by atoms with van der Waals surface area (Å²) in [5.74, 6) is -9.42. The third-order valence-electron chi connectivity index (χ3n) is 3.83. The topological polar surface area (TPSA) is 98.4 Å². The summed E-state index contributed by atoms with van der Waals surface area (Å²) in [6.07, 6.45) is 1.40. The Morgan fingerprint density at radius 2 is 1.80 bits per heavy atom. The molecule has 8 nitrogen and oxygen atoms in total. The number of benzene rings is 1. The van der Waals surface area contributed by atoms with Crippen molar-refractivity contribution in [2.24, 2.45) is 7.05 Å². The lowest BCUT2D eigenvalue weighted by atomic mass is 10.3. The molecule has 0 saturated heterocycles. The normalized spacial score (nSPS) is 10.7. The Morgan fingerprint density at radius 1 is 1.13 bits per heavy atom. The Balaban J connectivity index is 1.72. The van der Waals surface area contributed by atoms with E-state index >= 15 is 0 Å². The van der Waals surface area contributed by atoms with E-state index in [9.17, 15) is 27.2 Å². The van der Waals surface area contributed by atoms with Gasteiger partial charge in [-0.3, -0.25) is 14.3 Å². The van der Waals surface area contributed by atoms with E-state index in [2.05, 4.69) is 15.7 Å². The van der Waals surface area contributed by atoms with Crippen molar-refractivity contribution in [3.8, 4) is 5.75 Å². The van der Waals surface area contributed by atoms with E-state index in [1.807, 2.05) is 0 Å². The molecular formula is C18H14F4N4O4. The molecular weight excluding hydrogens is 412 g/mol. The molecule has 3 rings (SSSR count). The number of aromatic nitrogens is 2. The molecule has 0 aliphatic rings. The number of carbonyl (C=O) groups excluding carboxylic acids is 2. The van der Waals surface area contributed by atoms with Gasteiger partial charge in [0.2, 0.25) is 11.6 Å². The second-order valence-corrected chi connectivity index (χ2v) is 5.95. The summed E-state index contributed by atoms with van der Waals surface area (Å²) in [4.78, 5) is 24.1. The quantitative estimate of drug-likeness (QED) is 0.467. The van der Waals surface area contributed by atoms with Crippen molar-refractivity contribution in [3.05, 3.63) is 64.9 Å². The van der Waals surface area contributed by atoms with Gasteiger partial charge in [0.1, 0.15) is 12.4 Å². The van der Waals surface area contributed by atoms with Crippen molar-refractivity contribution in [3.63, 3.8) is 0 Å². The van der Waals surface area contributed by atoms with E-state index in [0.29, 0.717) is 0 Å². The fraction of sp³-hybridized carbons (Fsp3) is 0.167. The van der Waals surface area contributed by atoms with Crippen LogP contribution in [0.15, 0.2) is 28.8 Å². The third kappa shape index (κ3) is 4.11. The fourth-order valence-corrected chi connectivity index (χ4v) is 2.45. The van der Waals surface area contributed by atoms with Crippen molar-refractivity contribution >= 4 is 17.5 Å². The molecule has 12 heteroatoms. The van der Waals surface area contributed by atoms with Gasteiger partial charge in [0.25, 0.3) is 11.8 Å². The van der Waals surface area contributed by atoms with Crippen LogP contribution < -0.4 is 15.4 Å². The highest BCUT2D eigenvalue weighted by atomic mass is 19.2. The van der Waals surface area contributed by atoms with Crippen LogP contribution in [-0.4, -0.2) is 28.6 Å². The number of nitrogens with zero attached hydrogens (tertiary/aromatic N) is 2. The molecule has 2 amide bonds. The molecule has 0 spiro atoms. The smallest absolute Gasteiger partial charge is 0.291 e. The molecule has 0 atom stereocenters. The second-order valence-electron chi connectivity index (χ2n) is 5.95. The highest BCUT2D eigenvalue weighted by Crippen LogP contribution is 2.27. The Labute approximate surface area is 166 Å². The lowest BCUT2D eigenvalue weighted by Gasteiger charge is -2.08. The number of nitrogens with one attached hydrogen (secondary N) is 2. The zero-order chi connectivity index (χ0) is 22.0. The maximum atomic E-state index is 13.6. The molecule has 0 aliphatic carbocycles. The molecule has 158 valence electrons. The van der Waals surface area contributed by atoms with Crippen LogP contribution >= 0.6 is 0 Å². The number of ether oxygens (including phenoxy) is 1. The Morgan fingerprint density at radius 3 is 2.43 bits per heavy atom. The number of aryl methyl sites for hydroxylation is 1. The summed E-state index contributed by atoms with van der Waals surface area (Å²) in [7, 11) is 2.95. The molecule has 2 N–H and O–H groups in total. The molecule has 2 aromatic heterocycles. The van der Waals surface area contributed by atoms with Gasteiger partial charge in [0.15, 0.2) is 28.8 Å². The van der Waals surface area contributed by atoms with Crippen LogP contribution in [0.5, 0.6) is 5.75 Å². The summed E-state index contributed by atoms with van der Waals surface area (Å²) in [5, 5.41) is 8.76. The van der Waals surface area contributed by atoms with Gasteiger partial charge in [-0.1, -0.05) is 0 Å². The predicted molar refractivity (Wildman–Crippen MR) is 93.9 cm³/mol. The van der Waals surface area contributed by atoms with Crippen LogP contribution in [0.3, 0.4) is 0 Å². The van der Waals surface area contributed by atoms with E-state index in [-0.39, 0.29) is 29.0 Å². The van der Waals surface area contributed by atoms with Crippen LogP contribution in [0.4, 0.5) is 23.2 Å². The molecule has 0 radical (unpaired) electrons. The van der Waals surface area contributed by atoms with E-state index in [0.717, 1.165) is 0 Å². The molecule has 0 aliphatic heterocycles. The van der Waals surface area contributed by atoms with Crippen molar-refractivity contribution in [2.75, 3.05) is 12.4 Å². The van der Waals surface area contributed by atoms with Gasteiger partial charge < -0.3 is 19.8 Å². The van der Waals surface area contributed by atoms with Crippen molar-refractivity contribution < 1.29 is 36.3 Å². The van der Waals surface area contributed by atoms with Crippen LogP contribution in [-0.2, 0) is 13.7 Å². The third-order valence-corrected chi connectivity index (χ3v) is 3.83. The minimum atomic E-state index is -1.70. The summed E-state index contributed by atoms with van der Waals surface area (Å²) in [6, 6.07) is 2.56. The van der Waals surface area contributed by atoms with Gasteiger partial charge in [0.05, 0.1) is 5.69 Å². The summed E-state index contributed by atoms with van der Waals surface area (Å²) in [6.45, 7) is -0.611. The van der Waals surface area contributed by atoms with Crippen LogP contribution in [0.25, 0.3) is 0 Å². The monoisotopic (exact) mass is 426 g/mol. The highest BCUT2D eigenvalue weighted by Gasteiger charge is 2.22. The number of amides is 2. The molecule has 0 bridgehead atoms. The van der Waals surface area contributed by atoms with Crippen molar-refractivity contribution in [2.45, 2.75) is 6.61 Å². The first-order valence-corrected chi connectivity index (χ1v) is 8.32. The van der Waals surface area contributed by atoms with Crippen LogP contribution in [0.2, 0.25) is 0 Å². The molecule has 0 saturated carbocycles. The van der Waals surface area contributed by atoms with E-state index < -0.39 is 47.4 Å². The lowest BCUT2D eigenvalue weighted by Crippen LogP contribution is -2.21. The first-order valence-electron chi connectivity index (χ1n) is 8.32. The van der Waals surface area contributed by atoms with E-state index in [1.54, 1.807) is 7.05 Å². The number of halogens is 4. The minimum absolute atomic E-state index is 0.0254. The average Bonchev–Trinajstić information content (AvgIpc) is 3.32. The molecule has 2 heterocycles. The van der Waals surface area contributed by atoms with Crippen molar-refractivity contribution in [1.29, 1.82) is 0 Å². The first kappa shape index (κ1) is 20.9. The molecule has 1 aromatic carbocycles. The summed E-state index contributed by atoms with van der Waals surface area (Å²) < 4.78 is 65.0.